The molecule has 19 heavy (non-hydrogen) atoms. The first-order chi connectivity index (χ1) is 9.27. The molecule has 0 amide bonds. The minimum absolute atomic E-state index is 0.0312. The maximum absolute atomic E-state index is 13.2. The van der Waals surface area contributed by atoms with Crippen molar-refractivity contribution in [1.29, 1.82) is 0 Å². The zero-order valence-corrected chi connectivity index (χ0v) is 11.9. The van der Waals surface area contributed by atoms with Crippen LogP contribution in [0, 0.1) is 17.7 Å². The van der Waals surface area contributed by atoms with Gasteiger partial charge in [0.05, 0.1) is 6.61 Å². The van der Waals surface area contributed by atoms with Crippen LogP contribution in [0.1, 0.15) is 24.0 Å². The third-order valence-electron chi connectivity index (χ3n) is 2.43. The number of rotatable bonds is 7. The minimum atomic E-state index is -0.276. The van der Waals surface area contributed by atoms with E-state index in [4.69, 9.17) is 9.84 Å². The van der Waals surface area contributed by atoms with Crippen LogP contribution in [0.4, 0.5) is 4.39 Å². The smallest absolute Gasteiger partial charge is 0.124 e. The van der Waals surface area contributed by atoms with Crippen LogP contribution in [0.2, 0.25) is 0 Å². The lowest BCUT2D eigenvalue weighted by Crippen LogP contribution is -1.93. The molecule has 0 fully saturated rings. The topological polar surface area (TPSA) is 29.5 Å². The van der Waals surface area contributed by atoms with E-state index >= 15 is 0 Å². The molecule has 0 bridgehead atoms. The van der Waals surface area contributed by atoms with Gasteiger partial charge in [-0.2, -0.15) is 11.8 Å². The summed E-state index contributed by atoms with van der Waals surface area (Å²) in [7, 11) is 1.69. The number of aliphatic hydroxyl groups is 1. The average molecular weight is 282 g/mol. The highest BCUT2D eigenvalue weighted by Crippen LogP contribution is 2.18. The Balaban J connectivity index is 2.59. The molecule has 0 aliphatic heterocycles. The Morgan fingerprint density at radius 3 is 3.00 bits per heavy atom. The molecule has 0 saturated carbocycles. The number of ether oxygens (including phenoxy) is 1. The second-order valence-electron chi connectivity index (χ2n) is 3.98. The molecule has 104 valence electrons. The SMILES string of the molecule is COCCCSCc1ccc(F)cc1C#CCCO. The minimum Gasteiger partial charge on any atom is -0.395 e. The van der Waals surface area contributed by atoms with Crippen molar-refractivity contribution in [2.45, 2.75) is 18.6 Å². The largest absolute Gasteiger partial charge is 0.395 e. The molecular formula is C15H19FO2S. The van der Waals surface area contributed by atoms with E-state index in [2.05, 4.69) is 11.8 Å². The van der Waals surface area contributed by atoms with Crippen LogP contribution >= 0.6 is 11.8 Å². The highest BCUT2D eigenvalue weighted by atomic mass is 32.2. The molecule has 0 unspecified atom stereocenters. The van der Waals surface area contributed by atoms with Gasteiger partial charge in [0, 0.05) is 31.5 Å². The number of halogens is 1. The van der Waals surface area contributed by atoms with Crippen LogP contribution in [-0.2, 0) is 10.5 Å². The molecular weight excluding hydrogens is 263 g/mol. The maximum atomic E-state index is 13.2. The Morgan fingerprint density at radius 2 is 2.26 bits per heavy atom. The predicted octanol–water partition coefficient (Wildman–Crippen LogP) is 2.83. The van der Waals surface area contributed by atoms with Crippen molar-refractivity contribution in [3.8, 4) is 11.8 Å². The van der Waals surface area contributed by atoms with E-state index in [0.717, 1.165) is 30.1 Å². The molecule has 1 aromatic carbocycles. The summed E-state index contributed by atoms with van der Waals surface area (Å²) >= 11 is 1.79. The molecule has 0 atom stereocenters. The Kier molecular flexibility index (Phi) is 8.31. The fraction of sp³-hybridized carbons (Fsp3) is 0.467. The Hall–Kier alpha value is -1.02. The Labute approximate surface area is 118 Å². The molecule has 4 heteroatoms. The van der Waals surface area contributed by atoms with Gasteiger partial charge in [-0.15, -0.1) is 0 Å². The molecule has 0 spiro atoms. The maximum Gasteiger partial charge on any atom is 0.124 e. The molecule has 1 N–H and O–H groups in total. The zero-order chi connectivity index (χ0) is 13.9. The van der Waals surface area contributed by atoms with E-state index in [0.29, 0.717) is 12.0 Å². The van der Waals surface area contributed by atoms with Gasteiger partial charge in [-0.1, -0.05) is 17.9 Å². The van der Waals surface area contributed by atoms with Crippen molar-refractivity contribution >= 4 is 11.8 Å². The lowest BCUT2D eigenvalue weighted by molar-refractivity contribution is 0.200. The Bertz CT molecular complexity index is 438. The molecule has 0 aromatic heterocycles. The van der Waals surface area contributed by atoms with Crippen molar-refractivity contribution in [1.82, 2.24) is 0 Å². The second kappa shape index (κ2) is 9.85. The van der Waals surface area contributed by atoms with E-state index < -0.39 is 0 Å². The first kappa shape index (κ1) is 16.0. The summed E-state index contributed by atoms with van der Waals surface area (Å²) in [5.41, 5.74) is 1.75. The molecule has 0 aliphatic carbocycles. The van der Waals surface area contributed by atoms with Crippen molar-refractivity contribution < 1.29 is 14.2 Å². The summed E-state index contributed by atoms with van der Waals surface area (Å²) < 4.78 is 18.2. The summed E-state index contributed by atoms with van der Waals surface area (Å²) in [6.07, 6.45) is 1.42. The van der Waals surface area contributed by atoms with Crippen LogP contribution in [0.5, 0.6) is 0 Å². The quantitative estimate of drug-likeness (QED) is 0.616. The number of aliphatic hydroxyl groups excluding tert-OH is 1. The molecule has 0 heterocycles. The molecule has 2 nitrogen and oxygen atoms in total. The first-order valence-corrected chi connectivity index (χ1v) is 7.38. The first-order valence-electron chi connectivity index (χ1n) is 6.22. The lowest BCUT2D eigenvalue weighted by atomic mass is 10.1. The third kappa shape index (κ3) is 6.63. The fourth-order valence-electron chi connectivity index (χ4n) is 1.49. The van der Waals surface area contributed by atoms with Crippen LogP contribution in [0.15, 0.2) is 18.2 Å². The van der Waals surface area contributed by atoms with Crippen molar-refractivity contribution in [3.63, 3.8) is 0 Å². The van der Waals surface area contributed by atoms with Gasteiger partial charge in [0.15, 0.2) is 0 Å². The van der Waals surface area contributed by atoms with Gasteiger partial charge in [-0.3, -0.25) is 0 Å². The Morgan fingerprint density at radius 1 is 1.42 bits per heavy atom. The molecule has 0 aliphatic rings. The highest BCUT2D eigenvalue weighted by molar-refractivity contribution is 7.98. The van der Waals surface area contributed by atoms with Crippen LogP contribution < -0.4 is 0 Å². The number of methoxy groups -OCH3 is 1. The van der Waals surface area contributed by atoms with Gasteiger partial charge >= 0.3 is 0 Å². The standard InChI is InChI=1S/C15H19FO2S/c1-18-9-4-10-19-12-14-6-7-15(16)11-13(14)5-2-3-8-17/h6-7,11,17H,3-4,8-10,12H2,1H3. The van der Waals surface area contributed by atoms with Gasteiger partial charge in [-0.25, -0.2) is 4.39 Å². The van der Waals surface area contributed by atoms with Gasteiger partial charge in [0.1, 0.15) is 5.82 Å². The van der Waals surface area contributed by atoms with E-state index in [1.54, 1.807) is 24.9 Å². The van der Waals surface area contributed by atoms with Crippen molar-refractivity contribution in [2.24, 2.45) is 0 Å². The summed E-state index contributed by atoms with van der Waals surface area (Å²) in [6, 6.07) is 4.69. The van der Waals surface area contributed by atoms with E-state index in [9.17, 15) is 4.39 Å². The van der Waals surface area contributed by atoms with Crippen LogP contribution in [0.3, 0.4) is 0 Å². The zero-order valence-electron chi connectivity index (χ0n) is 11.1. The fourth-order valence-corrected chi connectivity index (χ4v) is 2.43. The number of hydrogen-bond acceptors (Lipinski definition) is 3. The lowest BCUT2D eigenvalue weighted by Gasteiger charge is -2.05. The predicted molar refractivity (Wildman–Crippen MR) is 77.6 cm³/mol. The van der Waals surface area contributed by atoms with E-state index in [1.807, 2.05) is 0 Å². The van der Waals surface area contributed by atoms with Gasteiger partial charge < -0.3 is 9.84 Å². The van der Waals surface area contributed by atoms with Gasteiger partial charge in [-0.05, 0) is 29.9 Å². The molecule has 1 aromatic rings. The highest BCUT2D eigenvalue weighted by Gasteiger charge is 2.02. The van der Waals surface area contributed by atoms with Crippen LogP contribution in [0.25, 0.3) is 0 Å². The molecule has 1 rings (SSSR count). The van der Waals surface area contributed by atoms with Crippen LogP contribution in [-0.4, -0.2) is 31.2 Å². The van der Waals surface area contributed by atoms with Gasteiger partial charge in [0.25, 0.3) is 0 Å². The van der Waals surface area contributed by atoms with Crippen molar-refractivity contribution in [2.75, 3.05) is 26.1 Å². The number of thioether (sulfide) groups is 1. The number of hydrogen-bond donors (Lipinski definition) is 1. The van der Waals surface area contributed by atoms with E-state index in [-0.39, 0.29) is 12.4 Å². The number of benzene rings is 1. The normalized spacial score (nSPS) is 10.1. The summed E-state index contributed by atoms with van der Waals surface area (Å²) in [4.78, 5) is 0. The summed E-state index contributed by atoms with van der Waals surface area (Å²) in [6.45, 7) is 0.795. The third-order valence-corrected chi connectivity index (χ3v) is 3.52. The summed E-state index contributed by atoms with van der Waals surface area (Å²) in [5.74, 6) is 7.30. The van der Waals surface area contributed by atoms with Crippen molar-refractivity contribution in [3.05, 3.63) is 35.1 Å². The second-order valence-corrected chi connectivity index (χ2v) is 5.08. The molecule has 0 radical (unpaired) electrons. The average Bonchev–Trinajstić information content (AvgIpc) is 2.41. The molecule has 0 saturated heterocycles. The van der Waals surface area contributed by atoms with E-state index in [1.165, 1.54) is 12.1 Å². The summed E-state index contributed by atoms with van der Waals surface area (Å²) in [5, 5.41) is 8.70. The monoisotopic (exact) mass is 282 g/mol. The van der Waals surface area contributed by atoms with Gasteiger partial charge in [0.2, 0.25) is 0 Å².